The Morgan fingerprint density at radius 2 is 1.85 bits per heavy atom. The lowest BCUT2D eigenvalue weighted by Gasteiger charge is -2.40. The maximum absolute atomic E-state index is 13.2. The third-order valence-corrected chi connectivity index (χ3v) is 8.72. The van der Waals surface area contributed by atoms with Crippen LogP contribution < -0.4 is 5.73 Å². The summed E-state index contributed by atoms with van der Waals surface area (Å²) in [6.07, 6.45) is 6.35. The second-order valence-electron chi connectivity index (χ2n) is 10.6. The van der Waals surface area contributed by atoms with E-state index >= 15 is 0 Å². The van der Waals surface area contributed by atoms with E-state index in [1.165, 1.54) is 9.42 Å². The average Bonchev–Trinajstić information content (AvgIpc) is 3.60. The van der Waals surface area contributed by atoms with Crippen molar-refractivity contribution in [2.45, 2.75) is 42.1 Å². The van der Waals surface area contributed by atoms with E-state index in [0.717, 1.165) is 11.9 Å². The van der Waals surface area contributed by atoms with Crippen LogP contribution >= 0.6 is 0 Å². The Kier molecular flexibility index (Phi) is 7.86. The lowest BCUT2D eigenvalue weighted by atomic mass is 9.76. The molecule has 13 heteroatoms. The van der Waals surface area contributed by atoms with Gasteiger partial charge in [0.25, 0.3) is 5.91 Å². The van der Waals surface area contributed by atoms with Gasteiger partial charge >= 0.3 is 0 Å². The molecule has 41 heavy (non-hydrogen) atoms. The van der Waals surface area contributed by atoms with Gasteiger partial charge in [0.05, 0.1) is 42.0 Å². The monoisotopic (exact) mass is 581 g/mol. The summed E-state index contributed by atoms with van der Waals surface area (Å²) in [6.45, 7) is 0.643. The second-order valence-corrected chi connectivity index (χ2v) is 12.5. The van der Waals surface area contributed by atoms with E-state index in [4.69, 9.17) is 25.3 Å². The first-order valence-electron chi connectivity index (χ1n) is 13.4. The molecule has 0 bridgehead atoms. The van der Waals surface area contributed by atoms with Gasteiger partial charge in [-0.3, -0.25) is 4.79 Å². The SMILES string of the molecule is COCCOC1(C(=O)N(C)C)CCC(c2nc3c(-c4ccn(-c5ccccc5)n4)cnn3c(N)c2S(C)(=O)=O)CC1. The number of nitrogens with two attached hydrogens (primary N) is 1. The first-order chi connectivity index (χ1) is 19.6. The number of hydrogen-bond acceptors (Lipinski definition) is 9. The van der Waals surface area contributed by atoms with Crippen LogP contribution in [-0.4, -0.2) is 89.9 Å². The molecule has 3 aromatic heterocycles. The number of benzene rings is 1. The molecule has 2 N–H and O–H groups in total. The van der Waals surface area contributed by atoms with Gasteiger partial charge in [-0.15, -0.1) is 0 Å². The fourth-order valence-electron chi connectivity index (χ4n) is 5.55. The van der Waals surface area contributed by atoms with E-state index in [2.05, 4.69) is 5.10 Å². The Hall–Kier alpha value is -3.81. The van der Waals surface area contributed by atoms with E-state index in [9.17, 15) is 13.2 Å². The second kappa shape index (κ2) is 11.2. The molecular formula is C28H35N7O5S. The van der Waals surface area contributed by atoms with Crippen molar-refractivity contribution in [1.29, 1.82) is 0 Å². The molecule has 0 atom stereocenters. The number of carbonyl (C=O) groups excluding carboxylic acids is 1. The van der Waals surface area contributed by atoms with Gasteiger partial charge in [0.15, 0.2) is 15.5 Å². The summed E-state index contributed by atoms with van der Waals surface area (Å²) >= 11 is 0. The number of methoxy groups -OCH3 is 1. The van der Waals surface area contributed by atoms with Crippen molar-refractivity contribution in [2.75, 3.05) is 46.4 Å². The molecule has 0 aliphatic heterocycles. The molecule has 1 saturated carbocycles. The topological polar surface area (TPSA) is 147 Å². The van der Waals surface area contributed by atoms with E-state index in [1.807, 2.05) is 42.6 Å². The highest BCUT2D eigenvalue weighted by Crippen LogP contribution is 2.43. The van der Waals surface area contributed by atoms with Crippen molar-refractivity contribution in [3.63, 3.8) is 0 Å². The highest BCUT2D eigenvalue weighted by Gasteiger charge is 2.45. The van der Waals surface area contributed by atoms with Gasteiger partial charge in [-0.25, -0.2) is 18.1 Å². The first-order valence-corrected chi connectivity index (χ1v) is 15.3. The molecule has 1 fully saturated rings. The Bertz CT molecular complexity index is 1660. The highest BCUT2D eigenvalue weighted by molar-refractivity contribution is 7.91. The number of amides is 1. The van der Waals surface area contributed by atoms with Crippen LogP contribution in [0, 0.1) is 0 Å². The van der Waals surface area contributed by atoms with Crippen LogP contribution in [0.1, 0.15) is 37.3 Å². The van der Waals surface area contributed by atoms with Gasteiger partial charge < -0.3 is 20.1 Å². The highest BCUT2D eigenvalue weighted by atomic mass is 32.2. The van der Waals surface area contributed by atoms with E-state index in [-0.39, 0.29) is 29.1 Å². The average molecular weight is 582 g/mol. The van der Waals surface area contributed by atoms with Crippen molar-refractivity contribution in [2.24, 2.45) is 0 Å². The number of likely N-dealkylation sites (N-methyl/N-ethyl adjacent to an activating group) is 1. The summed E-state index contributed by atoms with van der Waals surface area (Å²) in [7, 11) is 1.23. The fraction of sp³-hybridized carbons (Fsp3) is 0.429. The molecule has 5 rings (SSSR count). The molecule has 0 radical (unpaired) electrons. The largest absolute Gasteiger partial charge is 0.382 e. The summed E-state index contributed by atoms with van der Waals surface area (Å²) < 4.78 is 40.4. The summed E-state index contributed by atoms with van der Waals surface area (Å²) in [4.78, 5) is 19.6. The third kappa shape index (κ3) is 5.44. The predicted octanol–water partition coefficient (Wildman–Crippen LogP) is 2.72. The number of sulfone groups is 1. The number of rotatable bonds is 9. The van der Waals surface area contributed by atoms with Crippen LogP contribution in [0.4, 0.5) is 5.82 Å². The number of hydrogen-bond donors (Lipinski definition) is 1. The molecule has 0 saturated heterocycles. The molecular weight excluding hydrogens is 546 g/mol. The quantitative estimate of drug-likeness (QED) is 0.295. The molecule has 218 valence electrons. The molecule has 0 spiro atoms. The lowest BCUT2D eigenvalue weighted by Crippen LogP contribution is -2.51. The Balaban J connectivity index is 1.54. The number of anilines is 1. The third-order valence-electron chi connectivity index (χ3n) is 7.56. The van der Waals surface area contributed by atoms with E-state index in [0.29, 0.717) is 54.9 Å². The van der Waals surface area contributed by atoms with Crippen LogP contribution in [0.5, 0.6) is 0 Å². The maximum Gasteiger partial charge on any atom is 0.254 e. The van der Waals surface area contributed by atoms with Crippen molar-refractivity contribution < 1.29 is 22.7 Å². The number of ether oxygens (including phenoxy) is 2. The van der Waals surface area contributed by atoms with Crippen molar-refractivity contribution in [3.8, 4) is 16.9 Å². The minimum absolute atomic E-state index is 0.00112. The zero-order chi connectivity index (χ0) is 29.4. The van der Waals surface area contributed by atoms with Gasteiger partial charge in [-0.1, -0.05) is 18.2 Å². The fourth-order valence-corrected chi connectivity index (χ4v) is 6.61. The number of para-hydroxylation sites is 1. The Morgan fingerprint density at radius 3 is 2.49 bits per heavy atom. The van der Waals surface area contributed by atoms with Gasteiger partial charge in [-0.05, 0) is 43.9 Å². The van der Waals surface area contributed by atoms with Crippen molar-refractivity contribution in [3.05, 3.63) is 54.5 Å². The minimum Gasteiger partial charge on any atom is -0.382 e. The smallest absolute Gasteiger partial charge is 0.254 e. The number of carbonyl (C=O) groups is 1. The summed E-state index contributed by atoms with van der Waals surface area (Å²) in [5.74, 6) is -0.380. The molecule has 0 unspecified atom stereocenters. The van der Waals surface area contributed by atoms with E-state index < -0.39 is 15.4 Å². The molecule has 4 aromatic rings. The van der Waals surface area contributed by atoms with Gasteiger partial charge in [0.2, 0.25) is 0 Å². The van der Waals surface area contributed by atoms with Crippen LogP contribution in [0.2, 0.25) is 0 Å². The molecule has 1 aromatic carbocycles. The van der Waals surface area contributed by atoms with E-state index in [1.54, 1.807) is 32.1 Å². The summed E-state index contributed by atoms with van der Waals surface area (Å²) in [5.41, 5.74) is 8.42. The predicted molar refractivity (Wildman–Crippen MR) is 154 cm³/mol. The summed E-state index contributed by atoms with van der Waals surface area (Å²) in [6, 6.07) is 11.5. The molecule has 1 aliphatic rings. The standard InChI is InChI=1S/C28H35N7O5S/c1-33(2)27(36)28(40-17-16-39-3)13-10-19(11-14-28)23-24(41(4,37)38)25(29)35-26(31-23)21(18-30-35)22-12-15-34(32-22)20-8-6-5-7-9-20/h5-9,12,15,18-19H,10-11,13-14,16-17,29H2,1-4H3. The van der Waals surface area contributed by atoms with Crippen LogP contribution in [0.15, 0.2) is 53.7 Å². The zero-order valence-electron chi connectivity index (χ0n) is 23.6. The summed E-state index contributed by atoms with van der Waals surface area (Å²) in [5, 5.41) is 9.08. The Labute approximate surface area is 239 Å². The van der Waals surface area contributed by atoms with Crippen molar-refractivity contribution >= 4 is 27.2 Å². The number of fused-ring (bicyclic) bond motifs is 1. The number of aromatic nitrogens is 5. The van der Waals surface area contributed by atoms with Gasteiger partial charge in [0.1, 0.15) is 16.3 Å². The van der Waals surface area contributed by atoms with Crippen LogP contribution in [0.3, 0.4) is 0 Å². The van der Waals surface area contributed by atoms with Gasteiger partial charge in [0, 0.05) is 39.6 Å². The molecule has 1 aliphatic carbocycles. The molecule has 3 heterocycles. The minimum atomic E-state index is -3.76. The molecule has 1 amide bonds. The lowest BCUT2D eigenvalue weighted by molar-refractivity contribution is -0.163. The first kappa shape index (κ1) is 28.7. The Morgan fingerprint density at radius 1 is 1.15 bits per heavy atom. The van der Waals surface area contributed by atoms with Crippen LogP contribution in [0.25, 0.3) is 22.6 Å². The zero-order valence-corrected chi connectivity index (χ0v) is 24.5. The van der Waals surface area contributed by atoms with Crippen molar-refractivity contribution in [1.82, 2.24) is 29.3 Å². The number of nitrogen functional groups attached to an aromatic ring is 1. The molecule has 12 nitrogen and oxygen atoms in total. The van der Waals surface area contributed by atoms with Crippen LogP contribution in [-0.2, 0) is 24.1 Å². The maximum atomic E-state index is 13.2. The number of nitrogens with zero attached hydrogens (tertiary/aromatic N) is 6. The normalized spacial score (nSPS) is 19.5. The van der Waals surface area contributed by atoms with Gasteiger partial charge in [-0.2, -0.15) is 14.7 Å².